The molecule has 0 amide bonds. The molecule has 0 rings (SSSR count). The number of hydrogen-bond donors (Lipinski definition) is 1. The van der Waals surface area contributed by atoms with Crippen LogP contribution in [0.2, 0.25) is 0 Å². The number of rotatable bonds is 0. The van der Waals surface area contributed by atoms with Crippen LogP contribution in [0.25, 0.3) is 0 Å². The van der Waals surface area contributed by atoms with Gasteiger partial charge in [0.2, 0.25) is 0 Å². The number of aliphatic hydroxyl groups excluding tert-OH is 1. The fourth-order valence-corrected chi connectivity index (χ4v) is 0. The molecule has 0 heterocycles. The Hall–Kier alpha value is 0.439. The van der Waals surface area contributed by atoms with Crippen LogP contribution in [-0.2, 0) is 17.1 Å². The van der Waals surface area contributed by atoms with Crippen LogP contribution in [-0.4, -0.2) is 10.6 Å². The minimum absolute atomic E-state index is 0. The summed E-state index contributed by atoms with van der Waals surface area (Å²) in [7, 11) is 2.25. The molecule has 0 saturated carbocycles. The summed E-state index contributed by atoms with van der Waals surface area (Å²) < 4.78 is 0. The van der Waals surface area contributed by atoms with Gasteiger partial charge in [-0.15, -0.1) is 0 Å². The monoisotopic (exact) mass is 104 g/mol. The second kappa shape index (κ2) is 106. The smallest absolute Gasteiger partial charge is 0.0662 e. The maximum atomic E-state index is 6.75. The molecule has 3 N–H and O–H groups in total. The zero-order chi connectivity index (χ0) is 2.00. The summed E-state index contributed by atoms with van der Waals surface area (Å²) in [5, 5.41) is 6.75. The Kier molecular flexibility index (Phi) is 672. The van der Waals surface area contributed by atoms with Gasteiger partial charge in [-0.1, -0.05) is 0 Å². The van der Waals surface area contributed by atoms with Gasteiger partial charge < -0.3 is 10.6 Å². The van der Waals surface area contributed by atoms with E-state index in [1.54, 1.807) is 0 Å². The molecular formula is CH5MnO2. The van der Waals surface area contributed by atoms with Crippen molar-refractivity contribution in [3.05, 3.63) is 7.11 Å². The second-order valence-corrected chi connectivity index (χ2v) is 0. The first-order valence-corrected chi connectivity index (χ1v) is 0.316. The molecule has 0 aromatic rings. The largest absolute Gasteiger partial charge is 0.412 e. The minimum Gasteiger partial charge on any atom is -0.412 e. The molecule has 0 aliphatic carbocycles. The molecule has 0 spiro atoms. The van der Waals surface area contributed by atoms with Crippen molar-refractivity contribution >= 4 is 0 Å². The van der Waals surface area contributed by atoms with E-state index < -0.39 is 0 Å². The van der Waals surface area contributed by atoms with Gasteiger partial charge in [0.05, 0.1) is 7.11 Å². The maximum absolute atomic E-state index is 6.75. The topological polar surface area (TPSA) is 51.7 Å². The standard InChI is InChI=1S/CH3O.Mn.H2O/c1-2;;/h2H,1H2;;1H2. The predicted octanol–water partition coefficient (Wildman–Crippen LogP) is -0.677. The van der Waals surface area contributed by atoms with Crippen molar-refractivity contribution in [1.82, 2.24) is 0 Å². The molecular weight excluding hydrogens is 98.9 g/mol. The number of aliphatic hydroxyl groups is 1. The van der Waals surface area contributed by atoms with E-state index in [1.807, 2.05) is 0 Å². The molecule has 0 aromatic heterocycles. The zero-order valence-electron chi connectivity index (χ0n) is 2.03. The Balaban J connectivity index is -0.00000000500. The summed E-state index contributed by atoms with van der Waals surface area (Å²) in [6.07, 6.45) is 0. The second-order valence-electron chi connectivity index (χ2n) is 0. The van der Waals surface area contributed by atoms with Gasteiger partial charge in [-0.3, -0.25) is 0 Å². The van der Waals surface area contributed by atoms with Gasteiger partial charge in [-0.25, -0.2) is 0 Å². The van der Waals surface area contributed by atoms with Crippen LogP contribution < -0.4 is 0 Å². The summed E-state index contributed by atoms with van der Waals surface area (Å²) >= 11 is 0. The first-order valence-electron chi connectivity index (χ1n) is 0.316. The van der Waals surface area contributed by atoms with Crippen LogP contribution in [0.1, 0.15) is 0 Å². The molecule has 2 radical (unpaired) electrons. The third-order valence-corrected chi connectivity index (χ3v) is 0. The van der Waals surface area contributed by atoms with Crippen molar-refractivity contribution in [3.8, 4) is 0 Å². The quantitative estimate of drug-likeness (QED) is 0.407. The van der Waals surface area contributed by atoms with Crippen LogP contribution in [0.3, 0.4) is 0 Å². The molecule has 0 unspecified atom stereocenters. The van der Waals surface area contributed by atoms with Crippen LogP contribution in [0, 0.1) is 7.11 Å². The fourth-order valence-electron chi connectivity index (χ4n) is 0. The van der Waals surface area contributed by atoms with E-state index in [0.29, 0.717) is 0 Å². The van der Waals surface area contributed by atoms with E-state index in [0.717, 1.165) is 0 Å². The van der Waals surface area contributed by atoms with Crippen LogP contribution in [0.4, 0.5) is 0 Å². The van der Waals surface area contributed by atoms with E-state index in [-0.39, 0.29) is 22.5 Å². The fraction of sp³-hybridized carbons (Fsp3) is 0. The molecule has 0 aromatic carbocycles. The summed E-state index contributed by atoms with van der Waals surface area (Å²) in [5.74, 6) is 0. The molecule has 2 nitrogen and oxygen atoms in total. The first kappa shape index (κ1) is 25.3. The van der Waals surface area contributed by atoms with E-state index in [2.05, 4.69) is 7.11 Å². The van der Waals surface area contributed by atoms with Gasteiger partial charge in [0, 0.05) is 17.1 Å². The van der Waals surface area contributed by atoms with Gasteiger partial charge in [-0.05, 0) is 0 Å². The van der Waals surface area contributed by atoms with Crippen molar-refractivity contribution in [2.24, 2.45) is 0 Å². The van der Waals surface area contributed by atoms with E-state index in [9.17, 15) is 0 Å². The molecule has 0 aliphatic heterocycles. The van der Waals surface area contributed by atoms with E-state index >= 15 is 0 Å². The molecule has 0 atom stereocenters. The summed E-state index contributed by atoms with van der Waals surface area (Å²) in [6, 6.07) is 0. The Labute approximate surface area is 35.6 Å². The Morgan fingerprint density at radius 1 is 1.25 bits per heavy atom. The summed E-state index contributed by atoms with van der Waals surface area (Å²) in [6.45, 7) is 0. The van der Waals surface area contributed by atoms with Gasteiger partial charge in [0.25, 0.3) is 0 Å². The average molecular weight is 104 g/mol. The maximum Gasteiger partial charge on any atom is 0.0662 e. The third kappa shape index (κ3) is 26.2. The average Bonchev–Trinajstić information content (AvgIpc) is 1.00. The van der Waals surface area contributed by atoms with Crippen molar-refractivity contribution < 1.29 is 27.7 Å². The van der Waals surface area contributed by atoms with Crippen LogP contribution in [0.15, 0.2) is 0 Å². The Morgan fingerprint density at radius 2 is 1.25 bits per heavy atom. The molecule has 0 aliphatic rings. The molecule has 0 bridgehead atoms. The molecule has 28 valence electrons. The Morgan fingerprint density at radius 3 is 1.25 bits per heavy atom. The van der Waals surface area contributed by atoms with E-state index in [1.165, 1.54) is 0 Å². The molecule has 0 saturated heterocycles. The van der Waals surface area contributed by atoms with Gasteiger partial charge >= 0.3 is 0 Å². The van der Waals surface area contributed by atoms with Crippen LogP contribution in [0.5, 0.6) is 0 Å². The number of hydrogen-bond acceptors (Lipinski definition) is 1. The van der Waals surface area contributed by atoms with Gasteiger partial charge in [0.1, 0.15) is 0 Å². The van der Waals surface area contributed by atoms with Crippen molar-refractivity contribution in [1.29, 1.82) is 0 Å². The van der Waals surface area contributed by atoms with Crippen molar-refractivity contribution in [2.75, 3.05) is 0 Å². The molecule has 4 heavy (non-hydrogen) atoms. The summed E-state index contributed by atoms with van der Waals surface area (Å²) in [4.78, 5) is 0. The molecule has 3 heteroatoms. The normalized spacial score (nSPS) is 1.50. The van der Waals surface area contributed by atoms with Gasteiger partial charge in [-0.2, -0.15) is 0 Å². The van der Waals surface area contributed by atoms with Crippen LogP contribution >= 0.6 is 0 Å². The van der Waals surface area contributed by atoms with Crippen molar-refractivity contribution in [2.45, 2.75) is 0 Å². The van der Waals surface area contributed by atoms with Crippen molar-refractivity contribution in [3.63, 3.8) is 0 Å². The third-order valence-electron chi connectivity index (χ3n) is 0. The minimum atomic E-state index is 0. The summed E-state index contributed by atoms with van der Waals surface area (Å²) in [5.41, 5.74) is 0. The zero-order valence-corrected chi connectivity index (χ0v) is 3.21. The molecule has 0 fully saturated rings. The SMILES string of the molecule is O.[CH2]O.[Mn]. The van der Waals surface area contributed by atoms with E-state index in [4.69, 9.17) is 5.11 Å². The predicted molar refractivity (Wildman–Crippen MR) is 10.9 cm³/mol. The first-order chi connectivity index (χ1) is 1.00. The Bertz CT molecular complexity index is 6.00. The van der Waals surface area contributed by atoms with Gasteiger partial charge in [0.15, 0.2) is 0 Å².